The molecule has 1 aromatic heterocycles. The summed E-state index contributed by atoms with van der Waals surface area (Å²) in [7, 11) is 0. The Kier molecular flexibility index (Phi) is 3.67. The van der Waals surface area contributed by atoms with Crippen LogP contribution in [0, 0.1) is 4.64 Å². The van der Waals surface area contributed by atoms with Gasteiger partial charge in [0.15, 0.2) is 0 Å². The number of aromatic amines is 1. The Bertz CT molecular complexity index is 543. The van der Waals surface area contributed by atoms with Crippen LogP contribution in [0.3, 0.4) is 0 Å². The number of hydrogen-bond acceptors (Lipinski definition) is 2. The van der Waals surface area contributed by atoms with E-state index in [0.29, 0.717) is 16.7 Å². The van der Waals surface area contributed by atoms with Gasteiger partial charge in [-0.15, -0.1) is 0 Å². The van der Waals surface area contributed by atoms with Gasteiger partial charge in [0.05, 0.1) is 5.56 Å². The molecule has 0 aliphatic carbocycles. The van der Waals surface area contributed by atoms with Gasteiger partial charge in [-0.2, -0.15) is 0 Å². The molecule has 86 valence electrons. The average Bonchev–Trinajstić information content (AvgIpc) is 2.38. The van der Waals surface area contributed by atoms with Gasteiger partial charge in [-0.1, -0.05) is 42.5 Å². The summed E-state index contributed by atoms with van der Waals surface area (Å²) in [6.45, 7) is 0.523. The fourth-order valence-electron chi connectivity index (χ4n) is 1.43. The highest BCUT2D eigenvalue weighted by Crippen LogP contribution is 2.00. The van der Waals surface area contributed by atoms with Gasteiger partial charge in [0, 0.05) is 12.7 Å². The Labute approximate surface area is 105 Å². The molecule has 2 rings (SSSR count). The molecule has 4 heteroatoms. The van der Waals surface area contributed by atoms with E-state index in [0.717, 1.165) is 5.56 Å². The number of benzene rings is 1. The Morgan fingerprint density at radius 2 is 1.94 bits per heavy atom. The molecule has 3 nitrogen and oxygen atoms in total. The molecular formula is C13H12N2OS. The van der Waals surface area contributed by atoms with E-state index in [9.17, 15) is 4.79 Å². The van der Waals surface area contributed by atoms with Crippen LogP contribution >= 0.6 is 12.2 Å². The first-order valence-corrected chi connectivity index (χ1v) is 5.67. The van der Waals surface area contributed by atoms with Crippen molar-refractivity contribution in [2.45, 2.75) is 6.54 Å². The number of aromatic nitrogens is 1. The second-order valence-corrected chi connectivity index (χ2v) is 4.05. The average molecular weight is 244 g/mol. The minimum Gasteiger partial charge on any atom is -0.352 e. The lowest BCUT2D eigenvalue weighted by molar-refractivity contribution is 0.0950. The lowest BCUT2D eigenvalue weighted by Crippen LogP contribution is -2.22. The summed E-state index contributed by atoms with van der Waals surface area (Å²) in [5.41, 5.74) is 1.65. The molecule has 0 aliphatic rings. The Balaban J connectivity index is 1.98. The maximum atomic E-state index is 11.8. The summed E-state index contributed by atoms with van der Waals surface area (Å²) in [5, 5.41) is 2.84. The number of pyridine rings is 1. The molecule has 0 bridgehead atoms. The third kappa shape index (κ3) is 3.26. The van der Waals surface area contributed by atoms with Crippen LogP contribution < -0.4 is 5.32 Å². The largest absolute Gasteiger partial charge is 0.352 e. The van der Waals surface area contributed by atoms with Crippen molar-refractivity contribution in [1.29, 1.82) is 0 Å². The van der Waals surface area contributed by atoms with Crippen LogP contribution in [-0.4, -0.2) is 10.9 Å². The molecule has 0 unspecified atom stereocenters. The quantitative estimate of drug-likeness (QED) is 0.815. The number of rotatable bonds is 3. The van der Waals surface area contributed by atoms with E-state index in [1.54, 1.807) is 18.3 Å². The third-order valence-electron chi connectivity index (χ3n) is 2.34. The van der Waals surface area contributed by atoms with E-state index >= 15 is 0 Å². The second-order valence-electron chi connectivity index (χ2n) is 3.61. The van der Waals surface area contributed by atoms with Crippen molar-refractivity contribution >= 4 is 18.1 Å². The number of nitrogens with one attached hydrogen (secondary N) is 2. The lowest BCUT2D eigenvalue weighted by atomic mass is 10.2. The highest BCUT2D eigenvalue weighted by molar-refractivity contribution is 7.71. The van der Waals surface area contributed by atoms with Crippen molar-refractivity contribution in [3.8, 4) is 0 Å². The van der Waals surface area contributed by atoms with E-state index in [1.807, 2.05) is 30.3 Å². The molecule has 1 amide bonds. The second kappa shape index (κ2) is 5.41. The van der Waals surface area contributed by atoms with E-state index in [2.05, 4.69) is 10.3 Å². The van der Waals surface area contributed by atoms with Crippen molar-refractivity contribution in [3.05, 3.63) is 64.4 Å². The fourth-order valence-corrected chi connectivity index (χ4v) is 1.56. The minimum absolute atomic E-state index is 0.111. The molecular weight excluding hydrogens is 232 g/mol. The van der Waals surface area contributed by atoms with Gasteiger partial charge in [0.2, 0.25) is 0 Å². The number of carbonyl (C=O) groups excluding carboxylic acids is 1. The molecule has 0 radical (unpaired) electrons. The number of hydrogen-bond donors (Lipinski definition) is 2. The number of H-pyrrole nitrogens is 1. The molecule has 0 fully saturated rings. The van der Waals surface area contributed by atoms with Crippen LogP contribution in [0.2, 0.25) is 0 Å². The van der Waals surface area contributed by atoms with Crippen LogP contribution in [0.4, 0.5) is 0 Å². The van der Waals surface area contributed by atoms with Crippen molar-refractivity contribution in [2.24, 2.45) is 0 Å². The minimum atomic E-state index is -0.111. The fraction of sp³-hybridized carbons (Fsp3) is 0.0769. The number of carbonyl (C=O) groups is 1. The third-order valence-corrected chi connectivity index (χ3v) is 2.60. The molecule has 0 saturated carbocycles. The molecule has 2 aromatic rings. The summed E-state index contributed by atoms with van der Waals surface area (Å²) < 4.78 is 0.615. The van der Waals surface area contributed by atoms with Crippen LogP contribution in [0.1, 0.15) is 15.9 Å². The summed E-state index contributed by atoms with van der Waals surface area (Å²) in [4.78, 5) is 14.6. The highest BCUT2D eigenvalue weighted by atomic mass is 32.1. The molecule has 0 aliphatic heterocycles. The monoisotopic (exact) mass is 244 g/mol. The Morgan fingerprint density at radius 1 is 1.18 bits per heavy atom. The van der Waals surface area contributed by atoms with Crippen LogP contribution in [0.5, 0.6) is 0 Å². The van der Waals surface area contributed by atoms with Gasteiger partial charge < -0.3 is 10.3 Å². The first-order valence-electron chi connectivity index (χ1n) is 5.26. The zero-order chi connectivity index (χ0) is 12.1. The van der Waals surface area contributed by atoms with Gasteiger partial charge in [0.25, 0.3) is 5.91 Å². The van der Waals surface area contributed by atoms with Crippen molar-refractivity contribution in [1.82, 2.24) is 10.3 Å². The van der Waals surface area contributed by atoms with E-state index in [-0.39, 0.29) is 5.91 Å². The first-order chi connectivity index (χ1) is 8.25. The summed E-state index contributed by atoms with van der Waals surface area (Å²) in [5.74, 6) is -0.111. The van der Waals surface area contributed by atoms with Crippen molar-refractivity contribution in [2.75, 3.05) is 0 Å². The topological polar surface area (TPSA) is 44.9 Å². The van der Waals surface area contributed by atoms with E-state index in [4.69, 9.17) is 12.2 Å². The van der Waals surface area contributed by atoms with E-state index in [1.165, 1.54) is 0 Å². The number of amides is 1. The lowest BCUT2D eigenvalue weighted by Gasteiger charge is -2.04. The smallest absolute Gasteiger partial charge is 0.253 e. The molecule has 2 N–H and O–H groups in total. The predicted molar refractivity (Wildman–Crippen MR) is 69.2 cm³/mol. The van der Waals surface area contributed by atoms with Gasteiger partial charge in [-0.3, -0.25) is 4.79 Å². The Morgan fingerprint density at radius 3 is 2.59 bits per heavy atom. The van der Waals surface area contributed by atoms with Gasteiger partial charge in [-0.05, 0) is 17.7 Å². The zero-order valence-corrected chi connectivity index (χ0v) is 9.96. The molecule has 0 saturated heterocycles. The molecule has 1 heterocycles. The normalized spacial score (nSPS) is 9.88. The van der Waals surface area contributed by atoms with Crippen LogP contribution in [0.25, 0.3) is 0 Å². The molecule has 0 spiro atoms. The van der Waals surface area contributed by atoms with Crippen LogP contribution in [-0.2, 0) is 6.54 Å². The predicted octanol–water partition coefficient (Wildman–Crippen LogP) is 2.67. The molecule has 1 aromatic carbocycles. The maximum Gasteiger partial charge on any atom is 0.253 e. The van der Waals surface area contributed by atoms with Gasteiger partial charge in [0.1, 0.15) is 4.64 Å². The van der Waals surface area contributed by atoms with Crippen molar-refractivity contribution < 1.29 is 4.79 Å². The standard InChI is InChI=1S/C13H12N2OS/c16-13(11-6-7-12(17)14-9-11)15-8-10-4-2-1-3-5-10/h1-7,9H,8H2,(H,14,17)(H,15,16). The Hall–Kier alpha value is -1.94. The van der Waals surface area contributed by atoms with Crippen LogP contribution in [0.15, 0.2) is 48.7 Å². The highest BCUT2D eigenvalue weighted by Gasteiger charge is 2.03. The van der Waals surface area contributed by atoms with Crippen molar-refractivity contribution in [3.63, 3.8) is 0 Å². The molecule has 17 heavy (non-hydrogen) atoms. The van der Waals surface area contributed by atoms with Gasteiger partial charge in [-0.25, -0.2) is 0 Å². The summed E-state index contributed by atoms with van der Waals surface area (Å²) in [6, 6.07) is 13.2. The SMILES string of the molecule is O=C(NCc1ccccc1)c1ccc(=S)[nH]c1. The first kappa shape index (κ1) is 11.5. The zero-order valence-electron chi connectivity index (χ0n) is 9.14. The summed E-state index contributed by atoms with van der Waals surface area (Å²) >= 11 is 4.91. The van der Waals surface area contributed by atoms with E-state index < -0.39 is 0 Å². The maximum absolute atomic E-state index is 11.8. The van der Waals surface area contributed by atoms with Gasteiger partial charge >= 0.3 is 0 Å². The molecule has 0 atom stereocenters. The summed E-state index contributed by atoms with van der Waals surface area (Å²) in [6.07, 6.45) is 1.61.